The molecule has 0 atom stereocenters. The summed E-state index contributed by atoms with van der Waals surface area (Å²) in [5.41, 5.74) is 2.13. The van der Waals surface area contributed by atoms with Gasteiger partial charge in [-0.1, -0.05) is 18.2 Å². The Morgan fingerprint density at radius 2 is 2.11 bits per heavy atom. The Hall–Kier alpha value is -2.60. The summed E-state index contributed by atoms with van der Waals surface area (Å²) in [5, 5.41) is 0. The molecule has 1 fully saturated rings. The van der Waals surface area contributed by atoms with Crippen LogP contribution in [0, 0.1) is 0 Å². The van der Waals surface area contributed by atoms with Gasteiger partial charge in [-0.25, -0.2) is 0 Å². The summed E-state index contributed by atoms with van der Waals surface area (Å²) in [6, 6.07) is 10.9. The molecule has 3 rings (SSSR count). The first-order valence-electron chi connectivity index (χ1n) is 9.16. The number of amides is 1. The molecule has 0 unspecified atom stereocenters. The minimum absolute atomic E-state index is 0.103. The fourth-order valence-corrected chi connectivity index (χ4v) is 3.78. The molecule has 1 heterocycles. The largest absolute Gasteiger partial charge is 0.492 e. The smallest absolute Gasteiger partial charge is 0.227 e. The summed E-state index contributed by atoms with van der Waals surface area (Å²) in [4.78, 5) is 26.3. The van der Waals surface area contributed by atoms with E-state index in [1.807, 2.05) is 25.1 Å². The molecule has 28 heavy (non-hydrogen) atoms. The second kappa shape index (κ2) is 9.06. The van der Waals surface area contributed by atoms with E-state index >= 15 is 0 Å². The molecule has 1 saturated heterocycles. The van der Waals surface area contributed by atoms with Gasteiger partial charge in [0.15, 0.2) is 17.3 Å². The lowest BCUT2D eigenvalue weighted by Crippen LogP contribution is -2.23. The number of hydrogen-bond donors (Lipinski definition) is 0. The molecule has 1 amide bonds. The van der Waals surface area contributed by atoms with Gasteiger partial charge in [-0.3, -0.25) is 9.59 Å². The molecule has 6 heteroatoms. The van der Waals surface area contributed by atoms with E-state index < -0.39 is 0 Å². The second-order valence-electron chi connectivity index (χ2n) is 6.36. The highest BCUT2D eigenvalue weighted by Gasteiger charge is 2.22. The molecule has 0 aliphatic carbocycles. The highest BCUT2D eigenvalue weighted by atomic mass is 79.9. The van der Waals surface area contributed by atoms with E-state index in [0.717, 1.165) is 22.1 Å². The maximum absolute atomic E-state index is 12.6. The summed E-state index contributed by atoms with van der Waals surface area (Å²) >= 11 is 3.47. The van der Waals surface area contributed by atoms with Crippen molar-refractivity contribution in [2.75, 3.05) is 25.2 Å². The fourth-order valence-electron chi connectivity index (χ4n) is 3.16. The van der Waals surface area contributed by atoms with Gasteiger partial charge in [-0.2, -0.15) is 0 Å². The lowest BCUT2D eigenvalue weighted by molar-refractivity contribution is -0.117. The Bertz CT molecular complexity index is 923. The number of benzene rings is 2. The van der Waals surface area contributed by atoms with Crippen LogP contribution in [0.3, 0.4) is 0 Å². The predicted molar refractivity (Wildman–Crippen MR) is 113 cm³/mol. The molecule has 0 aromatic heterocycles. The van der Waals surface area contributed by atoms with Crippen LogP contribution >= 0.6 is 15.9 Å². The van der Waals surface area contributed by atoms with Crippen molar-refractivity contribution in [2.24, 2.45) is 0 Å². The number of anilines is 1. The Labute approximate surface area is 173 Å². The molecule has 146 valence electrons. The first-order valence-corrected chi connectivity index (χ1v) is 9.96. The number of rotatable bonds is 7. The molecule has 0 radical (unpaired) electrons. The van der Waals surface area contributed by atoms with Crippen molar-refractivity contribution >= 4 is 39.4 Å². The van der Waals surface area contributed by atoms with Crippen molar-refractivity contribution in [1.82, 2.24) is 0 Å². The third-order valence-corrected chi connectivity index (χ3v) is 5.07. The van der Waals surface area contributed by atoms with E-state index in [1.54, 1.807) is 36.3 Å². The van der Waals surface area contributed by atoms with Crippen LogP contribution in [-0.4, -0.2) is 32.0 Å². The average Bonchev–Trinajstić information content (AvgIpc) is 3.12. The molecule has 0 bridgehead atoms. The van der Waals surface area contributed by atoms with Crippen LogP contribution < -0.4 is 14.4 Å². The minimum atomic E-state index is -0.126. The summed E-state index contributed by atoms with van der Waals surface area (Å²) < 4.78 is 11.7. The third-order valence-electron chi connectivity index (χ3n) is 4.48. The van der Waals surface area contributed by atoms with Crippen molar-refractivity contribution in [1.29, 1.82) is 0 Å². The van der Waals surface area contributed by atoms with E-state index in [9.17, 15) is 9.59 Å². The number of carbonyl (C=O) groups excluding carboxylic acids is 2. The van der Waals surface area contributed by atoms with E-state index in [1.165, 1.54) is 6.08 Å². The lowest BCUT2D eigenvalue weighted by Gasteiger charge is -2.16. The Morgan fingerprint density at radius 1 is 1.29 bits per heavy atom. The van der Waals surface area contributed by atoms with Crippen molar-refractivity contribution in [2.45, 2.75) is 19.8 Å². The quantitative estimate of drug-likeness (QED) is 0.451. The monoisotopic (exact) mass is 443 g/mol. The van der Waals surface area contributed by atoms with Gasteiger partial charge in [0.2, 0.25) is 5.91 Å². The third kappa shape index (κ3) is 4.44. The van der Waals surface area contributed by atoms with Gasteiger partial charge in [0.1, 0.15) is 0 Å². The number of nitrogens with zero attached hydrogens (tertiary/aromatic N) is 1. The second-order valence-corrected chi connectivity index (χ2v) is 7.22. The number of methoxy groups -OCH3 is 1. The zero-order valence-electron chi connectivity index (χ0n) is 15.9. The maximum Gasteiger partial charge on any atom is 0.227 e. The van der Waals surface area contributed by atoms with Gasteiger partial charge >= 0.3 is 0 Å². The van der Waals surface area contributed by atoms with Gasteiger partial charge in [-0.15, -0.1) is 0 Å². The Kier molecular flexibility index (Phi) is 6.52. The zero-order valence-corrected chi connectivity index (χ0v) is 17.5. The molecule has 2 aromatic rings. The van der Waals surface area contributed by atoms with Crippen LogP contribution in [0.2, 0.25) is 0 Å². The number of carbonyl (C=O) groups is 2. The SMILES string of the molecule is CCOc1cc(C=CC(=O)c2cccc(N3CCCC3=O)c2)cc(Br)c1OC. The molecular formula is C22H22BrNO4. The van der Waals surface area contributed by atoms with Crippen LogP contribution in [0.4, 0.5) is 5.69 Å². The lowest BCUT2D eigenvalue weighted by atomic mass is 10.1. The average molecular weight is 444 g/mol. The molecule has 0 saturated carbocycles. The fraction of sp³-hybridized carbons (Fsp3) is 0.273. The van der Waals surface area contributed by atoms with Crippen molar-refractivity contribution < 1.29 is 19.1 Å². The number of ether oxygens (including phenoxy) is 2. The molecule has 0 N–H and O–H groups in total. The molecule has 0 spiro atoms. The van der Waals surface area contributed by atoms with Crippen LogP contribution in [0.1, 0.15) is 35.7 Å². The minimum Gasteiger partial charge on any atom is -0.492 e. The normalized spacial score (nSPS) is 14.0. The molecular weight excluding hydrogens is 422 g/mol. The number of allylic oxidation sites excluding steroid dienone is 1. The highest BCUT2D eigenvalue weighted by Crippen LogP contribution is 2.37. The highest BCUT2D eigenvalue weighted by molar-refractivity contribution is 9.10. The number of halogens is 1. The predicted octanol–water partition coefficient (Wildman–Crippen LogP) is 4.88. The first kappa shape index (κ1) is 20.1. The van der Waals surface area contributed by atoms with Crippen molar-refractivity contribution in [3.05, 3.63) is 58.1 Å². The van der Waals surface area contributed by atoms with Gasteiger partial charge in [-0.05, 0) is 65.2 Å². The van der Waals surface area contributed by atoms with Gasteiger partial charge in [0.25, 0.3) is 0 Å². The number of hydrogen-bond acceptors (Lipinski definition) is 4. The maximum atomic E-state index is 12.6. The topological polar surface area (TPSA) is 55.8 Å². The van der Waals surface area contributed by atoms with Crippen molar-refractivity contribution in [3.63, 3.8) is 0 Å². The van der Waals surface area contributed by atoms with Crippen LogP contribution in [0.5, 0.6) is 11.5 Å². The molecule has 1 aliphatic rings. The van der Waals surface area contributed by atoms with Crippen LogP contribution in [-0.2, 0) is 4.79 Å². The first-order chi connectivity index (χ1) is 13.5. The zero-order chi connectivity index (χ0) is 20.1. The van der Waals surface area contributed by atoms with E-state index in [0.29, 0.717) is 36.6 Å². The van der Waals surface area contributed by atoms with E-state index in [4.69, 9.17) is 9.47 Å². The van der Waals surface area contributed by atoms with Gasteiger partial charge < -0.3 is 14.4 Å². The van der Waals surface area contributed by atoms with E-state index in [-0.39, 0.29) is 11.7 Å². The summed E-state index contributed by atoms with van der Waals surface area (Å²) in [5.74, 6) is 1.21. The standard InChI is InChI=1S/C22H22BrNO4/c1-3-28-20-13-15(12-18(23)22(20)27-2)9-10-19(25)16-6-4-7-17(14-16)24-11-5-8-21(24)26/h4,6-7,9-10,12-14H,3,5,8,11H2,1-2H3. The van der Waals surface area contributed by atoms with Crippen LogP contribution in [0.25, 0.3) is 6.08 Å². The summed E-state index contributed by atoms with van der Waals surface area (Å²) in [6.07, 6.45) is 4.68. The van der Waals surface area contributed by atoms with Crippen LogP contribution in [0.15, 0.2) is 46.9 Å². The Morgan fingerprint density at radius 3 is 2.79 bits per heavy atom. The Balaban J connectivity index is 1.81. The van der Waals surface area contributed by atoms with E-state index in [2.05, 4.69) is 15.9 Å². The van der Waals surface area contributed by atoms with Crippen molar-refractivity contribution in [3.8, 4) is 11.5 Å². The number of ketones is 1. The molecule has 2 aromatic carbocycles. The van der Waals surface area contributed by atoms with Gasteiger partial charge in [0, 0.05) is 24.2 Å². The molecule has 5 nitrogen and oxygen atoms in total. The summed E-state index contributed by atoms with van der Waals surface area (Å²) in [6.45, 7) is 3.11. The van der Waals surface area contributed by atoms with Gasteiger partial charge in [0.05, 0.1) is 18.2 Å². The molecule has 1 aliphatic heterocycles. The summed E-state index contributed by atoms with van der Waals surface area (Å²) in [7, 11) is 1.58.